The van der Waals surface area contributed by atoms with Crippen LogP contribution >= 0.6 is 0 Å². The maximum Gasteiger partial charge on any atom is 0.305 e. The summed E-state index contributed by atoms with van der Waals surface area (Å²) in [5.41, 5.74) is 0.484. The average molecular weight is 307 g/mol. The van der Waals surface area contributed by atoms with Crippen LogP contribution in [-0.4, -0.2) is 36.0 Å². The highest BCUT2D eigenvalue weighted by Gasteiger charge is 2.33. The Kier molecular flexibility index (Phi) is 4.69. The van der Waals surface area contributed by atoms with E-state index in [1.165, 1.54) is 25.0 Å². The van der Waals surface area contributed by atoms with E-state index in [0.717, 1.165) is 44.6 Å². The van der Waals surface area contributed by atoms with Crippen LogP contribution < -0.4 is 5.32 Å². The predicted octanol–water partition coefficient (Wildman–Crippen LogP) is 2.87. The largest absolute Gasteiger partial charge is 0.314 e. The molecule has 0 spiro atoms. The van der Waals surface area contributed by atoms with Crippen LogP contribution in [0.2, 0.25) is 0 Å². The standard InChI is InChI=1S/C16H22FN3O2/c17-14-6-5-13(11-15(14)20(21)22)16(12-3-1-2-4-12)19-9-7-18-8-10-19/h5-6,11-12,16,18H,1-4,7-10H2/t16-/m0/s1. The van der Waals surface area contributed by atoms with E-state index in [-0.39, 0.29) is 6.04 Å². The molecule has 1 aromatic carbocycles. The first kappa shape index (κ1) is 15.4. The van der Waals surface area contributed by atoms with E-state index in [1.54, 1.807) is 6.07 Å². The van der Waals surface area contributed by atoms with E-state index in [4.69, 9.17) is 0 Å². The molecule has 120 valence electrons. The maximum absolute atomic E-state index is 13.6. The van der Waals surface area contributed by atoms with Crippen molar-refractivity contribution in [1.82, 2.24) is 10.2 Å². The Morgan fingerprint density at radius 2 is 1.95 bits per heavy atom. The van der Waals surface area contributed by atoms with Crippen LogP contribution in [0, 0.1) is 21.8 Å². The lowest BCUT2D eigenvalue weighted by molar-refractivity contribution is -0.387. The van der Waals surface area contributed by atoms with Crippen LogP contribution in [0.1, 0.15) is 37.3 Å². The molecule has 3 rings (SSSR count). The number of nitrogens with zero attached hydrogens (tertiary/aromatic N) is 2. The molecule has 1 aliphatic heterocycles. The highest BCUT2D eigenvalue weighted by molar-refractivity contribution is 5.38. The van der Waals surface area contributed by atoms with Crippen molar-refractivity contribution in [2.24, 2.45) is 5.92 Å². The van der Waals surface area contributed by atoms with Crippen LogP contribution in [-0.2, 0) is 0 Å². The van der Waals surface area contributed by atoms with Crippen molar-refractivity contribution in [3.05, 3.63) is 39.7 Å². The predicted molar refractivity (Wildman–Crippen MR) is 82.2 cm³/mol. The summed E-state index contributed by atoms with van der Waals surface area (Å²) in [7, 11) is 0. The quantitative estimate of drug-likeness (QED) is 0.686. The van der Waals surface area contributed by atoms with Crippen LogP contribution in [0.3, 0.4) is 0 Å². The smallest absolute Gasteiger partial charge is 0.305 e. The number of hydrogen-bond acceptors (Lipinski definition) is 4. The summed E-state index contributed by atoms with van der Waals surface area (Å²) in [5, 5.41) is 14.4. The van der Waals surface area contributed by atoms with Gasteiger partial charge in [0.1, 0.15) is 0 Å². The Labute approximate surface area is 129 Å². The van der Waals surface area contributed by atoms with Crippen molar-refractivity contribution in [3.63, 3.8) is 0 Å². The van der Waals surface area contributed by atoms with Gasteiger partial charge in [-0.15, -0.1) is 0 Å². The van der Waals surface area contributed by atoms with Gasteiger partial charge in [0, 0.05) is 38.3 Å². The van der Waals surface area contributed by atoms with Crippen LogP contribution in [0.25, 0.3) is 0 Å². The van der Waals surface area contributed by atoms with Gasteiger partial charge in [0.2, 0.25) is 5.82 Å². The fourth-order valence-electron chi connectivity index (χ4n) is 3.87. The van der Waals surface area contributed by atoms with Gasteiger partial charge in [-0.2, -0.15) is 4.39 Å². The van der Waals surface area contributed by atoms with Crippen molar-refractivity contribution in [3.8, 4) is 0 Å². The van der Waals surface area contributed by atoms with E-state index in [1.807, 2.05) is 0 Å². The monoisotopic (exact) mass is 307 g/mol. The second-order valence-electron chi connectivity index (χ2n) is 6.24. The molecule has 2 fully saturated rings. The Balaban J connectivity index is 1.93. The minimum absolute atomic E-state index is 0.170. The summed E-state index contributed by atoms with van der Waals surface area (Å²) in [6.07, 6.45) is 4.74. The van der Waals surface area contributed by atoms with Crippen molar-refractivity contribution in [2.45, 2.75) is 31.7 Å². The zero-order chi connectivity index (χ0) is 15.5. The Hall–Kier alpha value is -1.53. The summed E-state index contributed by atoms with van der Waals surface area (Å²) < 4.78 is 13.6. The van der Waals surface area contributed by atoms with Crippen molar-refractivity contribution in [2.75, 3.05) is 26.2 Å². The molecule has 1 atom stereocenters. The molecule has 0 aromatic heterocycles. The number of piperazine rings is 1. The molecule has 0 bridgehead atoms. The van der Waals surface area contributed by atoms with Crippen molar-refractivity contribution in [1.29, 1.82) is 0 Å². The summed E-state index contributed by atoms with van der Waals surface area (Å²) in [6, 6.07) is 4.59. The highest BCUT2D eigenvalue weighted by Crippen LogP contribution is 2.40. The van der Waals surface area contributed by atoms with Gasteiger partial charge in [-0.3, -0.25) is 15.0 Å². The summed E-state index contributed by atoms with van der Waals surface area (Å²) in [5.74, 6) is -0.234. The number of benzene rings is 1. The number of nitro groups is 1. The molecule has 1 N–H and O–H groups in total. The van der Waals surface area contributed by atoms with Gasteiger partial charge in [0.05, 0.1) is 4.92 Å². The van der Waals surface area contributed by atoms with Gasteiger partial charge in [0.15, 0.2) is 0 Å². The summed E-state index contributed by atoms with van der Waals surface area (Å²) in [4.78, 5) is 12.8. The SMILES string of the molecule is O=[N+]([O-])c1cc([C@H](C2CCCC2)N2CCNCC2)ccc1F. The van der Waals surface area contributed by atoms with Gasteiger partial charge >= 0.3 is 5.69 Å². The lowest BCUT2D eigenvalue weighted by Crippen LogP contribution is -2.46. The molecular formula is C16H22FN3O2. The molecule has 5 nitrogen and oxygen atoms in total. The van der Waals surface area contributed by atoms with E-state index < -0.39 is 16.4 Å². The Bertz CT molecular complexity index is 540. The molecule has 1 saturated carbocycles. The van der Waals surface area contributed by atoms with Gasteiger partial charge in [-0.05, 0) is 30.4 Å². The molecule has 0 amide bonds. The van der Waals surface area contributed by atoms with Crippen LogP contribution in [0.15, 0.2) is 18.2 Å². The molecular weight excluding hydrogens is 285 g/mol. The van der Waals surface area contributed by atoms with Crippen LogP contribution in [0.5, 0.6) is 0 Å². The van der Waals surface area contributed by atoms with Crippen molar-refractivity contribution < 1.29 is 9.31 Å². The Morgan fingerprint density at radius 3 is 2.59 bits per heavy atom. The second-order valence-corrected chi connectivity index (χ2v) is 6.24. The summed E-state index contributed by atoms with van der Waals surface area (Å²) in [6.45, 7) is 3.75. The fraction of sp³-hybridized carbons (Fsp3) is 0.625. The van der Waals surface area contributed by atoms with Gasteiger partial charge in [-0.1, -0.05) is 18.9 Å². The molecule has 1 aromatic rings. The molecule has 2 aliphatic rings. The maximum atomic E-state index is 13.6. The number of nitro benzene ring substituents is 1. The van der Waals surface area contributed by atoms with Crippen LogP contribution in [0.4, 0.5) is 10.1 Å². The highest BCUT2D eigenvalue weighted by atomic mass is 19.1. The zero-order valence-corrected chi connectivity index (χ0v) is 12.6. The molecule has 1 saturated heterocycles. The molecule has 0 radical (unpaired) electrons. The number of hydrogen-bond donors (Lipinski definition) is 1. The van der Waals surface area contributed by atoms with Gasteiger partial charge in [-0.25, -0.2) is 0 Å². The number of halogens is 1. The number of nitrogens with one attached hydrogen (secondary N) is 1. The molecule has 0 unspecified atom stereocenters. The third kappa shape index (κ3) is 3.13. The summed E-state index contributed by atoms with van der Waals surface area (Å²) >= 11 is 0. The zero-order valence-electron chi connectivity index (χ0n) is 12.6. The van der Waals surface area contributed by atoms with Gasteiger partial charge < -0.3 is 5.32 Å². The first-order chi connectivity index (χ1) is 10.7. The normalized spacial score (nSPS) is 21.9. The fourth-order valence-corrected chi connectivity index (χ4v) is 3.87. The lowest BCUT2D eigenvalue weighted by Gasteiger charge is -2.38. The van der Waals surface area contributed by atoms with Gasteiger partial charge in [0.25, 0.3) is 0 Å². The van der Waals surface area contributed by atoms with E-state index in [2.05, 4.69) is 10.2 Å². The molecule has 1 heterocycles. The topological polar surface area (TPSA) is 58.4 Å². The first-order valence-corrected chi connectivity index (χ1v) is 8.05. The van der Waals surface area contributed by atoms with E-state index in [9.17, 15) is 14.5 Å². The number of rotatable bonds is 4. The lowest BCUT2D eigenvalue weighted by atomic mass is 9.89. The third-order valence-corrected chi connectivity index (χ3v) is 4.90. The molecule has 22 heavy (non-hydrogen) atoms. The average Bonchev–Trinajstić information content (AvgIpc) is 3.04. The molecule has 1 aliphatic carbocycles. The Morgan fingerprint density at radius 1 is 1.27 bits per heavy atom. The second kappa shape index (κ2) is 6.71. The third-order valence-electron chi connectivity index (χ3n) is 4.90. The van der Waals surface area contributed by atoms with E-state index >= 15 is 0 Å². The molecule has 6 heteroatoms. The van der Waals surface area contributed by atoms with E-state index in [0.29, 0.717) is 5.92 Å². The first-order valence-electron chi connectivity index (χ1n) is 8.05. The van der Waals surface area contributed by atoms with Crippen molar-refractivity contribution >= 4 is 5.69 Å². The minimum Gasteiger partial charge on any atom is -0.314 e. The minimum atomic E-state index is -0.751.